The maximum absolute atomic E-state index is 11.2. The van der Waals surface area contributed by atoms with Crippen LogP contribution in [0.2, 0.25) is 19.1 Å². The van der Waals surface area contributed by atoms with Crippen molar-refractivity contribution in [2.24, 2.45) is 0 Å². The Kier molecular flexibility index (Phi) is 28.1. The van der Waals surface area contributed by atoms with Gasteiger partial charge in [-0.1, -0.05) is 39.5 Å². The molecule has 0 bridgehead atoms. The van der Waals surface area contributed by atoms with E-state index in [2.05, 4.69) is 62.0 Å². The molecule has 0 aromatic heterocycles. The topological polar surface area (TPSA) is 213 Å². The molecule has 0 aliphatic carbocycles. The predicted molar refractivity (Wildman–Crippen MR) is 189 cm³/mol. The molecule has 2 unspecified atom stereocenters. The van der Waals surface area contributed by atoms with Gasteiger partial charge in [-0.25, -0.2) is 19.2 Å². The number of aliphatic hydroxyl groups is 2. The van der Waals surface area contributed by atoms with Crippen LogP contribution in [0.1, 0.15) is 40.5 Å². The van der Waals surface area contributed by atoms with Crippen molar-refractivity contribution in [3.8, 4) is 0 Å². The van der Waals surface area contributed by atoms with Gasteiger partial charge in [0.05, 0.1) is 13.2 Å². The number of nitrogens with one attached hydrogen (secondary N) is 2. The highest BCUT2D eigenvalue weighted by atomic mass is 28.4. The summed E-state index contributed by atoms with van der Waals surface area (Å²) in [6.07, 6.45) is 0.105. The molecule has 0 spiro atoms. The fourth-order valence-corrected chi connectivity index (χ4v) is 4.47. The number of aliphatic hydroxyl groups excluding tert-OH is 2. The Morgan fingerprint density at radius 2 is 0.880 bits per heavy atom. The molecule has 0 heterocycles. The van der Waals surface area contributed by atoms with Crippen LogP contribution in [0.25, 0.3) is 0 Å². The first-order valence-electron chi connectivity index (χ1n) is 15.3. The lowest BCUT2D eigenvalue weighted by Crippen LogP contribution is -2.51. The molecule has 282 valence electrons. The summed E-state index contributed by atoms with van der Waals surface area (Å²) in [4.78, 5) is 65.4. The van der Waals surface area contributed by atoms with E-state index in [0.29, 0.717) is 48.5 Å². The van der Waals surface area contributed by atoms with Crippen molar-refractivity contribution < 1.29 is 62.4 Å². The van der Waals surface area contributed by atoms with Gasteiger partial charge < -0.3 is 44.2 Å². The monoisotopic (exact) mass is 726 g/mol. The zero-order valence-corrected chi connectivity index (χ0v) is 31.1. The molecular weight excluding hydrogens is 672 g/mol. The van der Waals surface area contributed by atoms with Crippen LogP contribution in [-0.4, -0.2) is 99.7 Å². The van der Waals surface area contributed by atoms with Crippen LogP contribution in [0, 0.1) is 0 Å². The zero-order valence-electron chi connectivity index (χ0n) is 30.1. The molecular formula is C34H54N2O13Si. The summed E-state index contributed by atoms with van der Waals surface area (Å²) in [6, 6.07) is 0.905. The van der Waals surface area contributed by atoms with Gasteiger partial charge in [0.15, 0.2) is 20.8 Å². The lowest BCUT2D eigenvalue weighted by Gasteiger charge is -2.22. The average Bonchev–Trinajstić information content (AvgIpc) is 3.04. The van der Waals surface area contributed by atoms with Gasteiger partial charge in [0.1, 0.15) is 13.2 Å². The van der Waals surface area contributed by atoms with Gasteiger partial charge in [0, 0.05) is 35.3 Å². The van der Waals surface area contributed by atoms with E-state index in [1.807, 2.05) is 10.6 Å². The van der Waals surface area contributed by atoms with Crippen LogP contribution in [-0.2, 0) is 52.1 Å². The first-order valence-corrected chi connectivity index (χ1v) is 18.4. The SMILES string of the molecule is C=C(C)C(=O)OCCCO[Si](C)(C)CCCOC(=O)C(=C)C.C=C(C)C(=O)OCCOC(=O)C(=C)C.C=CC(=O)NC(O)C(O)NC(=O)C=C. The minimum atomic E-state index is -1.77. The Labute approximate surface area is 295 Å². The molecule has 50 heavy (non-hydrogen) atoms. The van der Waals surface area contributed by atoms with Gasteiger partial charge >= 0.3 is 23.9 Å². The molecule has 0 radical (unpaired) electrons. The van der Waals surface area contributed by atoms with Crippen molar-refractivity contribution in [2.75, 3.05) is 33.0 Å². The van der Waals surface area contributed by atoms with E-state index in [4.69, 9.17) is 24.1 Å². The van der Waals surface area contributed by atoms with Gasteiger partial charge in [-0.05, 0) is 65.4 Å². The second-order valence-electron chi connectivity index (χ2n) is 11.0. The summed E-state index contributed by atoms with van der Waals surface area (Å²) in [5.74, 6) is -3.02. The van der Waals surface area contributed by atoms with Crippen LogP contribution in [0.4, 0.5) is 0 Å². The lowest BCUT2D eigenvalue weighted by molar-refractivity contribution is -0.147. The predicted octanol–water partition coefficient (Wildman–Crippen LogP) is 2.68. The fraction of sp³-hybridized carbons (Fsp3) is 0.471. The Morgan fingerprint density at radius 1 is 0.580 bits per heavy atom. The summed E-state index contributed by atoms with van der Waals surface area (Å²) < 4.78 is 25.3. The molecule has 15 nitrogen and oxygen atoms in total. The molecule has 0 saturated heterocycles. The minimum Gasteiger partial charge on any atom is -0.462 e. The highest BCUT2D eigenvalue weighted by Crippen LogP contribution is 2.14. The summed E-state index contributed by atoms with van der Waals surface area (Å²) >= 11 is 0. The van der Waals surface area contributed by atoms with Gasteiger partial charge in [-0.2, -0.15) is 0 Å². The number of ether oxygens (including phenoxy) is 4. The van der Waals surface area contributed by atoms with Crippen LogP contribution >= 0.6 is 0 Å². The molecule has 0 saturated carbocycles. The Bertz CT molecular complexity index is 1170. The number of carbonyl (C=O) groups excluding carboxylic acids is 6. The largest absolute Gasteiger partial charge is 0.462 e. The molecule has 0 rings (SSSR count). The molecule has 16 heteroatoms. The Morgan fingerprint density at radius 3 is 1.18 bits per heavy atom. The summed E-state index contributed by atoms with van der Waals surface area (Å²) in [5, 5.41) is 22.1. The van der Waals surface area contributed by atoms with E-state index in [0.717, 1.165) is 24.6 Å². The van der Waals surface area contributed by atoms with E-state index in [-0.39, 0.29) is 25.2 Å². The van der Waals surface area contributed by atoms with E-state index >= 15 is 0 Å². The first kappa shape index (κ1) is 49.7. The molecule has 0 aliphatic rings. The van der Waals surface area contributed by atoms with Crippen LogP contribution in [0.5, 0.6) is 0 Å². The summed E-state index contributed by atoms with van der Waals surface area (Å²) in [5.41, 5.74) is 1.45. The number of hydrogen-bond acceptors (Lipinski definition) is 13. The molecule has 0 aromatic carbocycles. The van der Waals surface area contributed by atoms with Crippen LogP contribution in [0.3, 0.4) is 0 Å². The van der Waals surface area contributed by atoms with Gasteiger partial charge in [-0.3, -0.25) is 9.59 Å². The normalized spacial score (nSPS) is 11.1. The Hall–Kier alpha value is -4.64. The third-order valence-corrected chi connectivity index (χ3v) is 7.91. The molecule has 0 aliphatic heterocycles. The van der Waals surface area contributed by atoms with Gasteiger partial charge in [-0.15, -0.1) is 0 Å². The maximum Gasteiger partial charge on any atom is 0.333 e. The molecule has 0 fully saturated rings. The molecule has 2 amide bonds. The number of rotatable bonds is 21. The highest BCUT2D eigenvalue weighted by molar-refractivity contribution is 6.71. The van der Waals surface area contributed by atoms with Crippen molar-refractivity contribution in [3.05, 3.63) is 73.9 Å². The maximum atomic E-state index is 11.2. The second kappa shape index (κ2) is 28.2. The average molecular weight is 727 g/mol. The van der Waals surface area contributed by atoms with Crippen molar-refractivity contribution in [1.29, 1.82) is 0 Å². The van der Waals surface area contributed by atoms with E-state index < -0.39 is 44.5 Å². The van der Waals surface area contributed by atoms with Crippen molar-refractivity contribution in [1.82, 2.24) is 10.6 Å². The lowest BCUT2D eigenvalue weighted by atomic mass is 10.4. The molecule has 4 N–H and O–H groups in total. The highest BCUT2D eigenvalue weighted by Gasteiger charge is 2.22. The van der Waals surface area contributed by atoms with Crippen molar-refractivity contribution >= 4 is 44.0 Å². The fourth-order valence-electron chi connectivity index (χ4n) is 2.64. The quantitative estimate of drug-likeness (QED) is 0.0335. The zero-order chi connectivity index (χ0) is 39.4. The molecule has 0 aromatic rings. The number of carbonyl (C=O) groups is 6. The third-order valence-electron chi connectivity index (χ3n) is 5.36. The van der Waals surface area contributed by atoms with Crippen LogP contribution in [0.15, 0.2) is 73.9 Å². The number of amides is 2. The van der Waals surface area contributed by atoms with Crippen molar-refractivity contribution in [2.45, 2.75) is 72.1 Å². The molecule has 2 atom stereocenters. The number of esters is 4. The second-order valence-corrected chi connectivity index (χ2v) is 15.4. The first-order chi connectivity index (χ1) is 23.1. The van der Waals surface area contributed by atoms with Crippen molar-refractivity contribution in [3.63, 3.8) is 0 Å². The van der Waals surface area contributed by atoms with Gasteiger partial charge in [0.25, 0.3) is 0 Å². The summed E-state index contributed by atoms with van der Waals surface area (Å²) in [7, 11) is -1.77. The van der Waals surface area contributed by atoms with E-state index in [1.54, 1.807) is 27.7 Å². The van der Waals surface area contributed by atoms with E-state index in [9.17, 15) is 28.8 Å². The van der Waals surface area contributed by atoms with Gasteiger partial charge in [0.2, 0.25) is 11.8 Å². The smallest absolute Gasteiger partial charge is 0.333 e. The Balaban J connectivity index is -0.000000692. The third kappa shape index (κ3) is 29.5. The number of hydrogen-bond donors (Lipinski definition) is 4. The summed E-state index contributed by atoms with van der Waals surface area (Å²) in [6.45, 7) is 32.1. The minimum absolute atomic E-state index is 0.0325. The van der Waals surface area contributed by atoms with Crippen LogP contribution < -0.4 is 10.6 Å². The standard InChI is InChI=1S/C16H28O5Si.C10H14O4.C8H12N2O4/c1-13(2)15(17)19-9-7-11-21-22(5,6)12-8-10-20-16(18)14(3)4;1-7(2)9(11)13-5-6-14-10(12)8(3)4;1-3-5(11)9-7(13)8(14)10-6(12)4-2/h1,3,7-12H2,2,4-6H3;1,3,5-6H2,2,4H3;3-4,7-8,13-14H,1-2H2,(H,9,11)(H,10,12). The van der Waals surface area contributed by atoms with E-state index in [1.165, 1.54) is 0 Å².